The van der Waals surface area contributed by atoms with Gasteiger partial charge in [0.05, 0.1) is 18.7 Å². The van der Waals surface area contributed by atoms with Gasteiger partial charge in [-0.25, -0.2) is 9.97 Å². The van der Waals surface area contributed by atoms with Crippen LogP contribution in [0.15, 0.2) is 29.0 Å². The first kappa shape index (κ1) is 14.3. The smallest absolute Gasteiger partial charge is 0.245 e. The lowest BCUT2D eigenvalue weighted by molar-refractivity contribution is 0.401. The summed E-state index contributed by atoms with van der Waals surface area (Å²) in [5.74, 6) is 1.39. The van der Waals surface area contributed by atoms with Gasteiger partial charge in [0, 0.05) is 4.47 Å². The third-order valence-corrected chi connectivity index (χ3v) is 4.05. The Bertz CT molecular complexity index is 818. The predicted molar refractivity (Wildman–Crippen MR) is 85.2 cm³/mol. The summed E-state index contributed by atoms with van der Waals surface area (Å²) in [6.07, 6.45) is 1.46. The van der Waals surface area contributed by atoms with Gasteiger partial charge in [-0.3, -0.25) is 4.57 Å². The number of aromatic nitrogens is 4. The lowest BCUT2D eigenvalue weighted by atomic mass is 10.2. The fourth-order valence-electron chi connectivity index (χ4n) is 2.20. The number of hydrogen-bond donors (Lipinski definition) is 0. The molecule has 0 saturated heterocycles. The SMILES string of the molecule is COc1ncnc2c1nc(CCl)n2-c1cc(C)ccc1Br. The van der Waals surface area contributed by atoms with Gasteiger partial charge in [-0.2, -0.15) is 4.98 Å². The summed E-state index contributed by atoms with van der Waals surface area (Å²) < 4.78 is 8.11. The summed E-state index contributed by atoms with van der Waals surface area (Å²) in [6, 6.07) is 6.07. The lowest BCUT2D eigenvalue weighted by Gasteiger charge is -2.10. The Morgan fingerprint density at radius 1 is 1.33 bits per heavy atom. The molecule has 3 rings (SSSR count). The van der Waals surface area contributed by atoms with Crippen molar-refractivity contribution in [3.05, 3.63) is 40.4 Å². The molecule has 3 aromatic rings. The molecular weight excluding hydrogens is 356 g/mol. The van der Waals surface area contributed by atoms with E-state index in [1.54, 1.807) is 7.11 Å². The van der Waals surface area contributed by atoms with Crippen LogP contribution in [-0.2, 0) is 5.88 Å². The van der Waals surface area contributed by atoms with E-state index < -0.39 is 0 Å². The molecule has 0 spiro atoms. The Hall–Kier alpha value is -1.66. The summed E-state index contributed by atoms with van der Waals surface area (Å²) in [6.45, 7) is 2.03. The van der Waals surface area contributed by atoms with Crippen molar-refractivity contribution in [2.75, 3.05) is 7.11 Å². The molecule has 0 aliphatic carbocycles. The Labute approximate surface area is 135 Å². The maximum atomic E-state index is 6.05. The predicted octanol–water partition coefficient (Wildman–Crippen LogP) is 3.63. The van der Waals surface area contributed by atoms with E-state index >= 15 is 0 Å². The molecule has 0 aliphatic heterocycles. The van der Waals surface area contributed by atoms with Crippen molar-refractivity contribution in [2.24, 2.45) is 0 Å². The number of ether oxygens (including phenoxy) is 1. The Kier molecular flexibility index (Phi) is 3.82. The van der Waals surface area contributed by atoms with Crippen molar-refractivity contribution in [1.82, 2.24) is 19.5 Å². The second kappa shape index (κ2) is 5.61. The number of imidazole rings is 1. The number of fused-ring (bicyclic) bond motifs is 1. The molecule has 0 bridgehead atoms. The molecule has 0 saturated carbocycles. The average Bonchev–Trinajstić information content (AvgIpc) is 2.88. The fourth-order valence-corrected chi connectivity index (χ4v) is 2.81. The van der Waals surface area contributed by atoms with Crippen molar-refractivity contribution >= 4 is 38.7 Å². The van der Waals surface area contributed by atoms with Crippen LogP contribution >= 0.6 is 27.5 Å². The van der Waals surface area contributed by atoms with E-state index in [1.165, 1.54) is 6.33 Å². The van der Waals surface area contributed by atoms with E-state index in [9.17, 15) is 0 Å². The topological polar surface area (TPSA) is 52.8 Å². The molecule has 0 fully saturated rings. The van der Waals surface area contributed by atoms with E-state index in [4.69, 9.17) is 16.3 Å². The van der Waals surface area contributed by atoms with Gasteiger partial charge in [-0.15, -0.1) is 11.6 Å². The zero-order valence-electron chi connectivity index (χ0n) is 11.5. The Morgan fingerprint density at radius 3 is 2.86 bits per heavy atom. The molecule has 7 heteroatoms. The molecule has 0 unspecified atom stereocenters. The monoisotopic (exact) mass is 366 g/mol. The van der Waals surface area contributed by atoms with Crippen LogP contribution in [0.3, 0.4) is 0 Å². The van der Waals surface area contributed by atoms with Gasteiger partial charge >= 0.3 is 0 Å². The molecule has 5 nitrogen and oxygen atoms in total. The number of hydrogen-bond acceptors (Lipinski definition) is 4. The summed E-state index contributed by atoms with van der Waals surface area (Å²) >= 11 is 9.62. The van der Waals surface area contributed by atoms with Crippen LogP contribution in [0.2, 0.25) is 0 Å². The Morgan fingerprint density at radius 2 is 2.14 bits per heavy atom. The van der Waals surface area contributed by atoms with Gasteiger partial charge in [0.2, 0.25) is 5.88 Å². The highest BCUT2D eigenvalue weighted by Gasteiger charge is 2.18. The molecular formula is C14H12BrClN4O. The van der Waals surface area contributed by atoms with Crippen molar-refractivity contribution in [1.29, 1.82) is 0 Å². The minimum absolute atomic E-state index is 0.264. The molecule has 0 aliphatic rings. The van der Waals surface area contributed by atoms with Gasteiger partial charge in [0.15, 0.2) is 11.2 Å². The number of rotatable bonds is 3. The normalized spacial score (nSPS) is 11.0. The molecule has 1 aromatic carbocycles. The number of benzene rings is 1. The van der Waals surface area contributed by atoms with Crippen molar-refractivity contribution in [3.8, 4) is 11.6 Å². The van der Waals surface area contributed by atoms with Crippen molar-refractivity contribution in [2.45, 2.75) is 12.8 Å². The number of halogens is 2. The van der Waals surface area contributed by atoms with Crippen LogP contribution in [0.1, 0.15) is 11.4 Å². The Balaban J connectivity index is 2.38. The van der Waals surface area contributed by atoms with Crippen LogP contribution in [0.25, 0.3) is 16.9 Å². The van der Waals surface area contributed by atoms with Crippen molar-refractivity contribution < 1.29 is 4.74 Å². The molecule has 2 heterocycles. The summed E-state index contributed by atoms with van der Waals surface area (Å²) in [5.41, 5.74) is 3.35. The number of aryl methyl sites for hydroxylation is 1. The summed E-state index contributed by atoms with van der Waals surface area (Å²) in [5, 5.41) is 0. The highest BCUT2D eigenvalue weighted by atomic mass is 79.9. The molecule has 2 aromatic heterocycles. The average molecular weight is 368 g/mol. The van der Waals surface area contributed by atoms with E-state index in [0.717, 1.165) is 15.7 Å². The first-order chi connectivity index (χ1) is 10.2. The maximum absolute atomic E-state index is 6.05. The fraction of sp³-hybridized carbons (Fsp3) is 0.214. The van der Waals surface area contributed by atoms with Gasteiger partial charge in [-0.1, -0.05) is 6.07 Å². The highest BCUT2D eigenvalue weighted by molar-refractivity contribution is 9.10. The quantitative estimate of drug-likeness (QED) is 0.663. The zero-order chi connectivity index (χ0) is 15.0. The third-order valence-electron chi connectivity index (χ3n) is 3.14. The van der Waals surface area contributed by atoms with E-state index in [-0.39, 0.29) is 5.88 Å². The minimum Gasteiger partial charge on any atom is -0.479 e. The number of methoxy groups -OCH3 is 1. The zero-order valence-corrected chi connectivity index (χ0v) is 13.8. The molecule has 0 N–H and O–H groups in total. The molecule has 0 amide bonds. The number of nitrogens with zero attached hydrogens (tertiary/aromatic N) is 4. The van der Waals surface area contributed by atoms with E-state index in [0.29, 0.717) is 22.9 Å². The van der Waals surface area contributed by atoms with Crippen LogP contribution in [0.5, 0.6) is 5.88 Å². The molecule has 21 heavy (non-hydrogen) atoms. The first-order valence-electron chi connectivity index (χ1n) is 6.24. The standard InChI is InChI=1S/C14H12BrClN4O/c1-8-3-4-9(15)10(5-8)20-11(6-16)19-12-13(20)17-7-18-14(12)21-2/h3-5,7H,6H2,1-2H3. The second-order valence-electron chi connectivity index (χ2n) is 4.51. The summed E-state index contributed by atoms with van der Waals surface area (Å²) in [7, 11) is 1.56. The minimum atomic E-state index is 0.264. The molecule has 0 radical (unpaired) electrons. The van der Waals surface area contributed by atoms with Crippen LogP contribution in [0.4, 0.5) is 0 Å². The van der Waals surface area contributed by atoms with Crippen LogP contribution in [-0.4, -0.2) is 26.6 Å². The van der Waals surface area contributed by atoms with Crippen molar-refractivity contribution in [3.63, 3.8) is 0 Å². The maximum Gasteiger partial charge on any atom is 0.245 e. The third kappa shape index (κ3) is 2.38. The summed E-state index contributed by atoms with van der Waals surface area (Å²) in [4.78, 5) is 12.9. The van der Waals surface area contributed by atoms with Crippen LogP contribution in [0, 0.1) is 6.92 Å². The van der Waals surface area contributed by atoms with Gasteiger partial charge in [0.1, 0.15) is 12.2 Å². The van der Waals surface area contributed by atoms with Gasteiger partial charge < -0.3 is 4.74 Å². The molecule has 0 atom stereocenters. The van der Waals surface area contributed by atoms with Gasteiger partial charge in [0.25, 0.3) is 0 Å². The largest absolute Gasteiger partial charge is 0.479 e. The van der Waals surface area contributed by atoms with E-state index in [1.807, 2.05) is 23.6 Å². The number of alkyl halides is 1. The molecule has 108 valence electrons. The van der Waals surface area contributed by atoms with Crippen LogP contribution < -0.4 is 4.74 Å². The second-order valence-corrected chi connectivity index (χ2v) is 5.63. The highest BCUT2D eigenvalue weighted by Crippen LogP contribution is 2.30. The lowest BCUT2D eigenvalue weighted by Crippen LogP contribution is -2.02. The van der Waals surface area contributed by atoms with Gasteiger partial charge in [-0.05, 0) is 40.5 Å². The first-order valence-corrected chi connectivity index (χ1v) is 7.57. The van der Waals surface area contributed by atoms with E-state index in [2.05, 4.69) is 36.9 Å².